The summed E-state index contributed by atoms with van der Waals surface area (Å²) >= 11 is 12.3. The molecule has 0 amide bonds. The first-order valence-electron chi connectivity index (χ1n) is 7.07. The number of ether oxygens (including phenoxy) is 1. The number of hydrogen-bond acceptors (Lipinski definition) is 2. The summed E-state index contributed by atoms with van der Waals surface area (Å²) in [6, 6.07) is 11.8. The van der Waals surface area contributed by atoms with E-state index in [4.69, 9.17) is 27.9 Å². The van der Waals surface area contributed by atoms with Gasteiger partial charge in [-0.25, -0.2) is 0 Å². The van der Waals surface area contributed by atoms with Crippen LogP contribution in [0, 0.1) is 0 Å². The Labute approximate surface area is 135 Å². The van der Waals surface area contributed by atoms with E-state index in [0.29, 0.717) is 10.0 Å². The van der Waals surface area contributed by atoms with Crippen LogP contribution in [-0.4, -0.2) is 19.7 Å². The van der Waals surface area contributed by atoms with Gasteiger partial charge in [-0.1, -0.05) is 47.5 Å². The molecule has 0 fully saturated rings. The molecule has 3 rings (SSSR count). The van der Waals surface area contributed by atoms with E-state index in [2.05, 4.69) is 23.5 Å². The van der Waals surface area contributed by atoms with Crippen LogP contribution < -0.4 is 10.1 Å². The molecule has 2 nitrogen and oxygen atoms in total. The first-order valence-corrected chi connectivity index (χ1v) is 7.83. The first kappa shape index (κ1) is 14.7. The molecule has 0 radical (unpaired) electrons. The Morgan fingerprint density at radius 2 is 2.05 bits per heavy atom. The highest BCUT2D eigenvalue weighted by Crippen LogP contribution is 2.40. The second-order valence-electron chi connectivity index (χ2n) is 5.25. The number of benzene rings is 2. The third kappa shape index (κ3) is 3.03. The molecule has 0 aliphatic carbocycles. The van der Waals surface area contributed by atoms with E-state index in [1.807, 2.05) is 19.2 Å². The fourth-order valence-corrected chi connectivity index (χ4v) is 3.26. The summed E-state index contributed by atoms with van der Waals surface area (Å²) in [7, 11) is 1.95. The topological polar surface area (TPSA) is 21.3 Å². The van der Waals surface area contributed by atoms with Crippen molar-refractivity contribution in [3.8, 4) is 16.9 Å². The van der Waals surface area contributed by atoms with Gasteiger partial charge in [0, 0.05) is 22.7 Å². The minimum absolute atomic E-state index is 0.203. The van der Waals surface area contributed by atoms with Gasteiger partial charge in [-0.05, 0) is 37.6 Å². The molecule has 2 aromatic rings. The number of fused-ring (bicyclic) bond motifs is 1. The van der Waals surface area contributed by atoms with Crippen molar-refractivity contribution >= 4 is 23.2 Å². The lowest BCUT2D eigenvalue weighted by atomic mass is 9.95. The SMILES string of the molecule is CNC[C@@H]1CCc2cccc(-c3ccc(Cl)cc3Cl)c2O1. The number of likely N-dealkylation sites (N-methyl/N-ethyl adjacent to an activating group) is 1. The van der Waals surface area contributed by atoms with Gasteiger partial charge in [-0.15, -0.1) is 0 Å². The summed E-state index contributed by atoms with van der Waals surface area (Å²) in [6.07, 6.45) is 2.27. The molecule has 0 saturated heterocycles. The monoisotopic (exact) mass is 321 g/mol. The van der Waals surface area contributed by atoms with E-state index in [1.54, 1.807) is 6.07 Å². The maximum Gasteiger partial charge on any atom is 0.130 e. The number of rotatable bonds is 3. The highest BCUT2D eigenvalue weighted by atomic mass is 35.5. The summed E-state index contributed by atoms with van der Waals surface area (Å²) in [5, 5.41) is 4.47. The number of halogens is 2. The molecule has 110 valence electrons. The quantitative estimate of drug-likeness (QED) is 0.893. The predicted molar refractivity (Wildman–Crippen MR) is 88.6 cm³/mol. The maximum atomic E-state index is 6.35. The van der Waals surface area contributed by atoms with Crippen molar-refractivity contribution in [2.45, 2.75) is 18.9 Å². The molecule has 1 N–H and O–H groups in total. The molecule has 1 atom stereocenters. The van der Waals surface area contributed by atoms with Gasteiger partial charge in [0.1, 0.15) is 11.9 Å². The van der Waals surface area contributed by atoms with E-state index in [0.717, 1.165) is 36.3 Å². The minimum Gasteiger partial charge on any atom is -0.488 e. The smallest absolute Gasteiger partial charge is 0.130 e. The van der Waals surface area contributed by atoms with Crippen LogP contribution in [0.3, 0.4) is 0 Å². The van der Waals surface area contributed by atoms with Crippen molar-refractivity contribution in [3.63, 3.8) is 0 Å². The Bertz CT molecular complexity index is 657. The van der Waals surface area contributed by atoms with Crippen molar-refractivity contribution in [1.29, 1.82) is 0 Å². The Kier molecular flexibility index (Phi) is 4.39. The van der Waals surface area contributed by atoms with Gasteiger partial charge in [0.15, 0.2) is 0 Å². The fraction of sp³-hybridized carbons (Fsp3) is 0.294. The molecule has 2 aromatic carbocycles. The van der Waals surface area contributed by atoms with E-state index in [1.165, 1.54) is 5.56 Å². The van der Waals surface area contributed by atoms with Crippen LogP contribution in [-0.2, 0) is 6.42 Å². The van der Waals surface area contributed by atoms with Crippen LogP contribution in [0.1, 0.15) is 12.0 Å². The van der Waals surface area contributed by atoms with E-state index >= 15 is 0 Å². The zero-order chi connectivity index (χ0) is 14.8. The van der Waals surface area contributed by atoms with E-state index in [-0.39, 0.29) is 6.10 Å². The van der Waals surface area contributed by atoms with Crippen molar-refractivity contribution in [2.24, 2.45) is 0 Å². The van der Waals surface area contributed by atoms with Crippen LogP contribution in [0.5, 0.6) is 5.75 Å². The summed E-state index contributed by atoms with van der Waals surface area (Å²) < 4.78 is 6.19. The molecule has 0 saturated carbocycles. The van der Waals surface area contributed by atoms with Gasteiger partial charge in [-0.2, -0.15) is 0 Å². The van der Waals surface area contributed by atoms with Gasteiger partial charge in [0.05, 0.1) is 5.02 Å². The number of hydrogen-bond donors (Lipinski definition) is 1. The fourth-order valence-electron chi connectivity index (χ4n) is 2.75. The van der Waals surface area contributed by atoms with Gasteiger partial charge >= 0.3 is 0 Å². The van der Waals surface area contributed by atoms with Crippen LogP contribution in [0.2, 0.25) is 10.0 Å². The Balaban J connectivity index is 2.04. The molecule has 1 aliphatic rings. The van der Waals surface area contributed by atoms with Crippen LogP contribution >= 0.6 is 23.2 Å². The zero-order valence-electron chi connectivity index (χ0n) is 11.8. The van der Waals surface area contributed by atoms with Crippen molar-refractivity contribution < 1.29 is 4.74 Å². The van der Waals surface area contributed by atoms with Gasteiger partial charge in [0.2, 0.25) is 0 Å². The Morgan fingerprint density at radius 3 is 2.81 bits per heavy atom. The lowest BCUT2D eigenvalue weighted by Gasteiger charge is -2.28. The molecule has 4 heteroatoms. The molecule has 0 spiro atoms. The number of para-hydroxylation sites is 1. The molecule has 0 bridgehead atoms. The molecule has 0 aromatic heterocycles. The highest BCUT2D eigenvalue weighted by Gasteiger charge is 2.22. The Hall–Kier alpha value is -1.22. The summed E-state index contributed by atoms with van der Waals surface area (Å²) in [5.74, 6) is 0.952. The van der Waals surface area contributed by atoms with E-state index < -0.39 is 0 Å². The lowest BCUT2D eigenvalue weighted by Crippen LogP contribution is -2.32. The van der Waals surface area contributed by atoms with Crippen LogP contribution in [0.4, 0.5) is 0 Å². The average Bonchev–Trinajstić information content (AvgIpc) is 2.47. The third-order valence-electron chi connectivity index (χ3n) is 3.77. The molecular weight excluding hydrogens is 305 g/mol. The number of aryl methyl sites for hydroxylation is 1. The lowest BCUT2D eigenvalue weighted by molar-refractivity contribution is 0.174. The normalized spacial score (nSPS) is 17.2. The summed E-state index contributed by atoms with van der Waals surface area (Å²) in [4.78, 5) is 0. The standard InChI is InChI=1S/C17H17Cl2NO/c1-20-10-13-7-5-11-3-2-4-15(17(11)21-13)14-8-6-12(18)9-16(14)19/h2-4,6,8-9,13,20H,5,7,10H2,1H3/t13-/m0/s1. The van der Waals surface area contributed by atoms with Gasteiger partial charge in [-0.3, -0.25) is 0 Å². The molecule has 0 unspecified atom stereocenters. The molecule has 1 aliphatic heterocycles. The number of nitrogens with one attached hydrogen (secondary N) is 1. The largest absolute Gasteiger partial charge is 0.488 e. The predicted octanol–water partition coefficient (Wildman–Crippen LogP) is 4.57. The van der Waals surface area contributed by atoms with Crippen LogP contribution in [0.25, 0.3) is 11.1 Å². The minimum atomic E-state index is 0.203. The highest BCUT2D eigenvalue weighted by molar-refractivity contribution is 6.36. The van der Waals surface area contributed by atoms with E-state index in [9.17, 15) is 0 Å². The molecular formula is C17H17Cl2NO. The Morgan fingerprint density at radius 1 is 1.19 bits per heavy atom. The van der Waals surface area contributed by atoms with Crippen molar-refractivity contribution in [2.75, 3.05) is 13.6 Å². The zero-order valence-corrected chi connectivity index (χ0v) is 13.3. The second kappa shape index (κ2) is 6.27. The maximum absolute atomic E-state index is 6.35. The first-order chi connectivity index (χ1) is 10.2. The van der Waals surface area contributed by atoms with Crippen molar-refractivity contribution in [1.82, 2.24) is 5.32 Å². The third-order valence-corrected chi connectivity index (χ3v) is 4.32. The summed E-state index contributed by atoms with van der Waals surface area (Å²) in [6.45, 7) is 0.849. The van der Waals surface area contributed by atoms with Crippen molar-refractivity contribution in [3.05, 3.63) is 52.0 Å². The second-order valence-corrected chi connectivity index (χ2v) is 6.10. The average molecular weight is 322 g/mol. The van der Waals surface area contributed by atoms with Gasteiger partial charge < -0.3 is 10.1 Å². The summed E-state index contributed by atoms with van der Waals surface area (Å²) in [5.41, 5.74) is 3.24. The van der Waals surface area contributed by atoms with Gasteiger partial charge in [0.25, 0.3) is 0 Å². The van der Waals surface area contributed by atoms with Crippen LogP contribution in [0.15, 0.2) is 36.4 Å². The molecule has 21 heavy (non-hydrogen) atoms. The molecule has 1 heterocycles.